The third-order valence-electron chi connectivity index (χ3n) is 3.85. The quantitative estimate of drug-likeness (QED) is 0.352. The molecule has 102 valence electrons. The fourth-order valence-corrected chi connectivity index (χ4v) is 2.69. The molecule has 0 fully saturated rings. The average Bonchev–Trinajstić information content (AvgIpc) is 2.10. The molecule has 0 unspecified atom stereocenters. The minimum absolute atomic E-state index is 0.311. The standard InChI is InChI=1S/C15H32OSi/c1-9-11-15(5,6)12-10-13-16-17(7,8)14(2,3)4/h9,11H,10,12-13H2,1-8H3/b11-9+. The molecule has 0 radical (unpaired) electrons. The third-order valence-corrected chi connectivity index (χ3v) is 8.39. The lowest BCUT2D eigenvalue weighted by Gasteiger charge is -2.36. The average molecular weight is 257 g/mol. The Morgan fingerprint density at radius 2 is 1.59 bits per heavy atom. The molecule has 0 atom stereocenters. The Balaban J connectivity index is 4.02. The summed E-state index contributed by atoms with van der Waals surface area (Å²) in [5.74, 6) is 0. The van der Waals surface area contributed by atoms with Gasteiger partial charge in [-0.25, -0.2) is 0 Å². The predicted octanol–water partition coefficient (Wildman–Crippen LogP) is 5.39. The zero-order chi connectivity index (χ0) is 13.7. The molecule has 1 nitrogen and oxygen atoms in total. The van der Waals surface area contributed by atoms with Crippen LogP contribution in [-0.2, 0) is 4.43 Å². The molecule has 0 amide bonds. The van der Waals surface area contributed by atoms with Gasteiger partial charge in [0, 0.05) is 6.61 Å². The summed E-state index contributed by atoms with van der Waals surface area (Å²) in [6, 6.07) is 0. The first-order valence-electron chi connectivity index (χ1n) is 6.80. The van der Waals surface area contributed by atoms with Crippen LogP contribution in [0.15, 0.2) is 12.2 Å². The smallest absolute Gasteiger partial charge is 0.191 e. The van der Waals surface area contributed by atoms with E-state index in [4.69, 9.17) is 4.43 Å². The van der Waals surface area contributed by atoms with E-state index in [0.29, 0.717) is 10.5 Å². The number of rotatable bonds is 6. The van der Waals surface area contributed by atoms with Crippen molar-refractivity contribution in [2.75, 3.05) is 6.61 Å². The minimum Gasteiger partial charge on any atom is -0.417 e. The van der Waals surface area contributed by atoms with Gasteiger partial charge in [0.1, 0.15) is 0 Å². The van der Waals surface area contributed by atoms with E-state index in [-0.39, 0.29) is 0 Å². The Morgan fingerprint density at radius 1 is 1.06 bits per heavy atom. The summed E-state index contributed by atoms with van der Waals surface area (Å²) in [5, 5.41) is 0.325. The monoisotopic (exact) mass is 256 g/mol. The minimum atomic E-state index is -1.54. The SMILES string of the molecule is C/C=C/C(C)(C)CCCO[Si](C)(C)C(C)(C)C. The van der Waals surface area contributed by atoms with Crippen LogP contribution in [0.4, 0.5) is 0 Å². The highest BCUT2D eigenvalue weighted by Gasteiger charge is 2.36. The van der Waals surface area contributed by atoms with E-state index < -0.39 is 8.32 Å². The molecule has 0 aromatic rings. The summed E-state index contributed by atoms with van der Waals surface area (Å²) in [6.07, 6.45) is 6.80. The van der Waals surface area contributed by atoms with Crippen molar-refractivity contribution < 1.29 is 4.43 Å². The highest BCUT2D eigenvalue weighted by atomic mass is 28.4. The zero-order valence-electron chi connectivity index (χ0n) is 13.2. The van der Waals surface area contributed by atoms with Gasteiger partial charge in [-0.1, -0.05) is 46.8 Å². The Morgan fingerprint density at radius 3 is 2.00 bits per heavy atom. The van der Waals surface area contributed by atoms with Crippen LogP contribution in [0.25, 0.3) is 0 Å². The normalized spacial score (nSPS) is 14.6. The summed E-state index contributed by atoms with van der Waals surface area (Å²) in [7, 11) is -1.54. The number of allylic oxidation sites excluding steroid dienone is 2. The predicted molar refractivity (Wildman–Crippen MR) is 81.0 cm³/mol. The topological polar surface area (TPSA) is 9.23 Å². The summed E-state index contributed by atoms with van der Waals surface area (Å²) < 4.78 is 6.18. The first-order valence-corrected chi connectivity index (χ1v) is 9.70. The maximum Gasteiger partial charge on any atom is 0.191 e. The lowest BCUT2D eigenvalue weighted by atomic mass is 9.88. The molecule has 2 heteroatoms. The van der Waals surface area contributed by atoms with Crippen molar-refractivity contribution in [3.63, 3.8) is 0 Å². The van der Waals surface area contributed by atoms with E-state index in [9.17, 15) is 0 Å². The first-order chi connectivity index (χ1) is 7.52. The third kappa shape index (κ3) is 6.42. The molecular weight excluding hydrogens is 224 g/mol. The second-order valence-corrected chi connectivity index (χ2v) is 12.0. The van der Waals surface area contributed by atoms with Gasteiger partial charge in [-0.15, -0.1) is 0 Å². The van der Waals surface area contributed by atoms with Crippen LogP contribution in [-0.4, -0.2) is 14.9 Å². The van der Waals surface area contributed by atoms with Crippen molar-refractivity contribution in [3.8, 4) is 0 Å². The molecular formula is C15H32OSi. The highest BCUT2D eigenvalue weighted by Crippen LogP contribution is 2.36. The van der Waals surface area contributed by atoms with Crippen LogP contribution in [0.5, 0.6) is 0 Å². The molecule has 0 aliphatic heterocycles. The van der Waals surface area contributed by atoms with Crippen LogP contribution < -0.4 is 0 Å². The molecule has 17 heavy (non-hydrogen) atoms. The summed E-state index contributed by atoms with van der Waals surface area (Å²) >= 11 is 0. The van der Waals surface area contributed by atoms with Gasteiger partial charge >= 0.3 is 0 Å². The van der Waals surface area contributed by atoms with Crippen molar-refractivity contribution in [1.29, 1.82) is 0 Å². The van der Waals surface area contributed by atoms with E-state index in [1.54, 1.807) is 0 Å². The number of hydrogen-bond donors (Lipinski definition) is 0. The molecule has 0 bridgehead atoms. The largest absolute Gasteiger partial charge is 0.417 e. The molecule has 0 rings (SSSR count). The second kappa shape index (κ2) is 6.19. The van der Waals surface area contributed by atoms with Crippen LogP contribution in [0, 0.1) is 5.41 Å². The lowest BCUT2D eigenvalue weighted by Crippen LogP contribution is -2.41. The van der Waals surface area contributed by atoms with Gasteiger partial charge in [0.2, 0.25) is 0 Å². The molecule has 0 aliphatic carbocycles. The van der Waals surface area contributed by atoms with E-state index >= 15 is 0 Å². The van der Waals surface area contributed by atoms with Gasteiger partial charge < -0.3 is 4.43 Å². The summed E-state index contributed by atoms with van der Waals surface area (Å²) in [5.41, 5.74) is 0.311. The molecule has 0 N–H and O–H groups in total. The fourth-order valence-electron chi connectivity index (χ4n) is 1.61. The number of hydrogen-bond acceptors (Lipinski definition) is 1. The van der Waals surface area contributed by atoms with Crippen molar-refractivity contribution >= 4 is 8.32 Å². The fraction of sp³-hybridized carbons (Fsp3) is 0.867. The van der Waals surface area contributed by atoms with Crippen molar-refractivity contribution in [2.24, 2.45) is 5.41 Å². The molecule has 0 heterocycles. The van der Waals surface area contributed by atoms with E-state index in [2.05, 4.69) is 66.8 Å². The highest BCUT2D eigenvalue weighted by molar-refractivity contribution is 6.74. The molecule has 0 saturated heterocycles. The van der Waals surface area contributed by atoms with Crippen LogP contribution in [0.1, 0.15) is 54.4 Å². The Kier molecular flexibility index (Phi) is 6.16. The first kappa shape index (κ1) is 16.9. The van der Waals surface area contributed by atoms with Crippen molar-refractivity contribution in [1.82, 2.24) is 0 Å². The van der Waals surface area contributed by atoms with E-state index in [1.807, 2.05) is 0 Å². The maximum absolute atomic E-state index is 6.18. The van der Waals surface area contributed by atoms with Crippen molar-refractivity contribution in [3.05, 3.63) is 12.2 Å². The van der Waals surface area contributed by atoms with Gasteiger partial charge in [0.25, 0.3) is 0 Å². The van der Waals surface area contributed by atoms with Gasteiger partial charge in [-0.3, -0.25) is 0 Å². The zero-order valence-corrected chi connectivity index (χ0v) is 14.2. The van der Waals surface area contributed by atoms with Gasteiger partial charge in [0.05, 0.1) is 0 Å². The molecule has 0 spiro atoms. The Bertz CT molecular complexity index is 246. The van der Waals surface area contributed by atoms with Gasteiger partial charge in [0.15, 0.2) is 8.32 Å². The van der Waals surface area contributed by atoms with Gasteiger partial charge in [-0.2, -0.15) is 0 Å². The second-order valence-electron chi connectivity index (χ2n) is 7.20. The maximum atomic E-state index is 6.18. The molecule has 0 saturated carbocycles. The van der Waals surface area contributed by atoms with E-state index in [0.717, 1.165) is 13.0 Å². The van der Waals surface area contributed by atoms with Crippen LogP contribution in [0.3, 0.4) is 0 Å². The molecule has 0 aliphatic rings. The molecule has 0 aromatic carbocycles. The Hall–Kier alpha value is -0.0831. The van der Waals surface area contributed by atoms with Gasteiger partial charge in [-0.05, 0) is 43.3 Å². The molecule has 0 aromatic heterocycles. The van der Waals surface area contributed by atoms with Crippen LogP contribution >= 0.6 is 0 Å². The summed E-state index contributed by atoms with van der Waals surface area (Å²) in [6.45, 7) is 19.1. The lowest BCUT2D eigenvalue weighted by molar-refractivity contribution is 0.260. The van der Waals surface area contributed by atoms with Crippen molar-refractivity contribution in [2.45, 2.75) is 72.5 Å². The Labute approximate surface area is 110 Å². The van der Waals surface area contributed by atoms with E-state index in [1.165, 1.54) is 6.42 Å². The van der Waals surface area contributed by atoms with Crippen LogP contribution in [0.2, 0.25) is 18.1 Å². The summed E-state index contributed by atoms with van der Waals surface area (Å²) in [4.78, 5) is 0.